The van der Waals surface area contributed by atoms with Crippen molar-refractivity contribution in [3.05, 3.63) is 18.2 Å². The number of nitrogen functional groups attached to an aromatic ring is 1. The average molecular weight is 409 g/mol. The van der Waals surface area contributed by atoms with E-state index < -0.39 is 10.2 Å². The highest BCUT2D eigenvalue weighted by atomic mass is 32.2. The monoisotopic (exact) mass is 408 g/mol. The van der Waals surface area contributed by atoms with Crippen LogP contribution in [0.15, 0.2) is 18.2 Å². The third kappa shape index (κ3) is 5.00. The van der Waals surface area contributed by atoms with Gasteiger partial charge in [0.15, 0.2) is 0 Å². The van der Waals surface area contributed by atoms with Gasteiger partial charge in [0, 0.05) is 25.5 Å². The van der Waals surface area contributed by atoms with Crippen molar-refractivity contribution in [2.24, 2.45) is 11.8 Å². The largest absolute Gasteiger partial charge is 0.494 e. The number of fused-ring (bicyclic) bond motifs is 1. The minimum Gasteiger partial charge on any atom is -0.494 e. The van der Waals surface area contributed by atoms with Gasteiger partial charge in [-0.2, -0.15) is 13.4 Å². The molecule has 0 atom stereocenters. The van der Waals surface area contributed by atoms with E-state index in [1.165, 1.54) is 7.05 Å². The van der Waals surface area contributed by atoms with Crippen LogP contribution in [-0.2, 0) is 10.2 Å². The third-order valence-corrected chi connectivity index (χ3v) is 6.37. The summed E-state index contributed by atoms with van der Waals surface area (Å²) in [5, 5.41) is 4.07. The Morgan fingerprint density at radius 3 is 2.46 bits per heavy atom. The Balaban J connectivity index is 1.54. The van der Waals surface area contributed by atoms with Gasteiger partial charge in [-0.05, 0) is 49.7 Å². The maximum absolute atomic E-state index is 11.5. The Morgan fingerprint density at radius 1 is 1.14 bits per heavy atom. The highest BCUT2D eigenvalue weighted by molar-refractivity contribution is 7.87. The molecule has 2 aromatic rings. The van der Waals surface area contributed by atoms with Crippen LogP contribution in [-0.4, -0.2) is 45.6 Å². The molecular weight excluding hydrogens is 380 g/mol. The summed E-state index contributed by atoms with van der Waals surface area (Å²) in [4.78, 5) is 8.92. The van der Waals surface area contributed by atoms with E-state index in [1.54, 1.807) is 7.11 Å². The predicted octanol–water partition coefficient (Wildman–Crippen LogP) is 1.49. The molecule has 0 aliphatic heterocycles. The standard InChI is InChI=1S/C18H28N6O3S/c1-20-28(25,26)22-11-13-8-6-12(7-9-13)10-21-18-23-16-14(17(19)24-18)4-3-5-15(16)27-2/h3-5,12-13,20,22H,6-11H2,1-2H3,(H3,19,21,23,24). The molecular formula is C18H28N6O3S. The molecule has 5 N–H and O–H groups in total. The first-order valence-corrected chi connectivity index (χ1v) is 10.9. The fraction of sp³-hybridized carbons (Fsp3) is 0.556. The summed E-state index contributed by atoms with van der Waals surface area (Å²) in [6, 6.07) is 5.59. The number of rotatable bonds is 8. The van der Waals surface area contributed by atoms with Gasteiger partial charge >= 0.3 is 0 Å². The van der Waals surface area contributed by atoms with Crippen LogP contribution in [0.2, 0.25) is 0 Å². The molecule has 3 rings (SSSR count). The molecule has 9 nitrogen and oxygen atoms in total. The Morgan fingerprint density at radius 2 is 1.82 bits per heavy atom. The molecule has 0 amide bonds. The number of nitrogens with zero attached hydrogens (tertiary/aromatic N) is 2. The van der Waals surface area contributed by atoms with E-state index >= 15 is 0 Å². The molecule has 10 heteroatoms. The highest BCUT2D eigenvalue weighted by Gasteiger charge is 2.22. The van der Waals surface area contributed by atoms with E-state index in [1.807, 2.05) is 18.2 Å². The number of para-hydroxylation sites is 1. The summed E-state index contributed by atoms with van der Waals surface area (Å²) >= 11 is 0. The van der Waals surface area contributed by atoms with Crippen molar-refractivity contribution in [1.82, 2.24) is 19.4 Å². The van der Waals surface area contributed by atoms with E-state index in [2.05, 4.69) is 24.7 Å². The van der Waals surface area contributed by atoms with Crippen molar-refractivity contribution >= 4 is 32.9 Å². The van der Waals surface area contributed by atoms with Crippen LogP contribution >= 0.6 is 0 Å². The van der Waals surface area contributed by atoms with E-state index in [-0.39, 0.29) is 0 Å². The van der Waals surface area contributed by atoms with Crippen molar-refractivity contribution in [1.29, 1.82) is 0 Å². The molecule has 0 saturated heterocycles. The molecule has 1 aromatic heterocycles. The van der Waals surface area contributed by atoms with Crippen molar-refractivity contribution in [3.8, 4) is 5.75 Å². The van der Waals surface area contributed by atoms with Crippen LogP contribution in [0.5, 0.6) is 5.75 Å². The minimum atomic E-state index is -3.36. The number of aromatic nitrogens is 2. The summed E-state index contributed by atoms with van der Waals surface area (Å²) in [7, 11) is -0.346. The predicted molar refractivity (Wildman–Crippen MR) is 110 cm³/mol. The number of hydrogen-bond acceptors (Lipinski definition) is 7. The normalized spacial score (nSPS) is 20.2. The quantitative estimate of drug-likeness (QED) is 0.520. The molecule has 0 spiro atoms. The number of anilines is 2. The lowest BCUT2D eigenvalue weighted by Gasteiger charge is -2.28. The first-order chi connectivity index (χ1) is 13.4. The van der Waals surface area contributed by atoms with Crippen LogP contribution in [0, 0.1) is 11.8 Å². The second-order valence-electron chi connectivity index (χ2n) is 7.11. The maximum atomic E-state index is 11.5. The minimum absolute atomic E-state index is 0.371. The Labute approximate surface area is 165 Å². The van der Waals surface area contributed by atoms with Gasteiger partial charge in [0.05, 0.1) is 7.11 Å². The van der Waals surface area contributed by atoms with Crippen LogP contribution in [0.25, 0.3) is 10.9 Å². The first-order valence-electron chi connectivity index (χ1n) is 9.44. The van der Waals surface area contributed by atoms with E-state index in [4.69, 9.17) is 10.5 Å². The molecule has 1 fully saturated rings. The highest BCUT2D eigenvalue weighted by Crippen LogP contribution is 2.30. The summed E-state index contributed by atoms with van der Waals surface area (Å²) < 4.78 is 33.2. The average Bonchev–Trinajstić information content (AvgIpc) is 2.71. The van der Waals surface area contributed by atoms with Crippen molar-refractivity contribution in [2.45, 2.75) is 25.7 Å². The van der Waals surface area contributed by atoms with Gasteiger partial charge in [0.2, 0.25) is 5.95 Å². The van der Waals surface area contributed by atoms with E-state index in [0.29, 0.717) is 41.4 Å². The number of nitrogens with one attached hydrogen (secondary N) is 3. The van der Waals surface area contributed by atoms with Gasteiger partial charge in [0.1, 0.15) is 17.1 Å². The second-order valence-corrected chi connectivity index (χ2v) is 8.82. The molecule has 154 valence electrons. The van der Waals surface area contributed by atoms with Crippen LogP contribution in [0.4, 0.5) is 11.8 Å². The Hall–Kier alpha value is -2.17. The Kier molecular flexibility index (Phi) is 6.53. The fourth-order valence-electron chi connectivity index (χ4n) is 3.57. The number of hydrogen-bond donors (Lipinski definition) is 4. The second kappa shape index (κ2) is 8.89. The molecule has 1 saturated carbocycles. The summed E-state index contributed by atoms with van der Waals surface area (Å²) in [6.45, 7) is 1.24. The van der Waals surface area contributed by atoms with Crippen LogP contribution < -0.4 is 25.2 Å². The molecule has 1 aliphatic carbocycles. The number of ether oxygens (including phenoxy) is 1. The van der Waals surface area contributed by atoms with E-state index in [0.717, 1.165) is 37.6 Å². The number of methoxy groups -OCH3 is 1. The van der Waals surface area contributed by atoms with Gasteiger partial charge < -0.3 is 15.8 Å². The lowest BCUT2D eigenvalue weighted by Crippen LogP contribution is -2.38. The molecule has 1 aromatic carbocycles. The molecule has 0 unspecified atom stereocenters. The molecule has 0 bridgehead atoms. The van der Waals surface area contributed by atoms with Gasteiger partial charge in [0.25, 0.3) is 10.2 Å². The fourth-order valence-corrected chi connectivity index (χ4v) is 4.17. The lowest BCUT2D eigenvalue weighted by molar-refractivity contribution is 0.284. The van der Waals surface area contributed by atoms with E-state index in [9.17, 15) is 8.42 Å². The van der Waals surface area contributed by atoms with Crippen LogP contribution in [0.3, 0.4) is 0 Å². The summed E-state index contributed by atoms with van der Waals surface area (Å²) in [5.41, 5.74) is 6.77. The van der Waals surface area contributed by atoms with Gasteiger partial charge in [-0.25, -0.2) is 14.4 Å². The third-order valence-electron chi connectivity index (χ3n) is 5.28. The summed E-state index contributed by atoms with van der Waals surface area (Å²) in [6.07, 6.45) is 4.05. The van der Waals surface area contributed by atoms with Gasteiger partial charge in [-0.1, -0.05) is 6.07 Å². The molecule has 1 aliphatic rings. The molecule has 28 heavy (non-hydrogen) atoms. The first kappa shape index (κ1) is 20.6. The SMILES string of the molecule is CNS(=O)(=O)NCC1CCC(CNc2nc(N)c3cccc(OC)c3n2)CC1. The molecule has 1 heterocycles. The zero-order chi connectivity index (χ0) is 20.1. The Bertz CT molecular complexity index is 913. The van der Waals surface area contributed by atoms with Gasteiger partial charge in [-0.3, -0.25) is 0 Å². The summed E-state index contributed by atoms with van der Waals surface area (Å²) in [5.74, 6) is 2.45. The maximum Gasteiger partial charge on any atom is 0.276 e. The smallest absolute Gasteiger partial charge is 0.276 e. The van der Waals surface area contributed by atoms with Crippen molar-refractivity contribution in [2.75, 3.05) is 38.3 Å². The molecule has 0 radical (unpaired) electrons. The zero-order valence-electron chi connectivity index (χ0n) is 16.2. The van der Waals surface area contributed by atoms with Crippen LogP contribution in [0.1, 0.15) is 25.7 Å². The van der Waals surface area contributed by atoms with Crippen molar-refractivity contribution in [3.63, 3.8) is 0 Å². The number of benzene rings is 1. The van der Waals surface area contributed by atoms with Crippen molar-refractivity contribution < 1.29 is 13.2 Å². The topological polar surface area (TPSA) is 131 Å². The lowest BCUT2D eigenvalue weighted by atomic mass is 9.82. The van der Waals surface area contributed by atoms with Gasteiger partial charge in [-0.15, -0.1) is 0 Å². The zero-order valence-corrected chi connectivity index (χ0v) is 17.1. The number of nitrogens with two attached hydrogens (primary N) is 1.